The summed E-state index contributed by atoms with van der Waals surface area (Å²) in [5, 5.41) is 22.3. The number of nitrogens with zero attached hydrogens (tertiary/aromatic N) is 5. The van der Waals surface area contributed by atoms with Gasteiger partial charge in [0.05, 0.1) is 47.0 Å². The van der Waals surface area contributed by atoms with Gasteiger partial charge in [-0.25, -0.2) is 15.0 Å². The molecule has 202 valence electrons. The van der Waals surface area contributed by atoms with E-state index in [0.717, 1.165) is 53.8 Å². The summed E-state index contributed by atoms with van der Waals surface area (Å²) in [5.74, 6) is 1.91. The smallest absolute Gasteiger partial charge is 0.261 e. The van der Waals surface area contributed by atoms with Crippen LogP contribution in [-0.4, -0.2) is 50.0 Å². The van der Waals surface area contributed by atoms with Gasteiger partial charge in [0.2, 0.25) is 0 Å². The van der Waals surface area contributed by atoms with Gasteiger partial charge in [0, 0.05) is 17.8 Å². The number of imidazole rings is 1. The minimum absolute atomic E-state index is 0.164. The Morgan fingerprint density at radius 2 is 1.74 bits per heavy atom. The van der Waals surface area contributed by atoms with E-state index < -0.39 is 10.1 Å². The number of hydrogen-bond acceptors (Lipinski definition) is 8. The molecule has 2 fully saturated rings. The summed E-state index contributed by atoms with van der Waals surface area (Å²) in [5.41, 5.74) is 5.85. The van der Waals surface area contributed by atoms with Crippen molar-refractivity contribution >= 4 is 32.8 Å². The van der Waals surface area contributed by atoms with Crippen LogP contribution in [0.4, 0.5) is 11.6 Å². The normalized spacial score (nSPS) is 19.1. The van der Waals surface area contributed by atoms with Crippen LogP contribution in [0.3, 0.4) is 0 Å². The number of aliphatic hydroxyl groups excluding tert-OH is 1. The predicted molar refractivity (Wildman–Crippen MR) is 148 cm³/mol. The lowest BCUT2D eigenvalue weighted by atomic mass is 9.93. The number of rotatable bonds is 5. The first-order chi connectivity index (χ1) is 18.7. The molecule has 2 saturated carbocycles. The van der Waals surface area contributed by atoms with E-state index in [1.54, 1.807) is 18.3 Å². The van der Waals surface area contributed by atoms with Gasteiger partial charge >= 0.3 is 0 Å². The lowest BCUT2D eigenvalue weighted by Crippen LogP contribution is -2.20. The Labute approximate surface area is 227 Å². The number of nitrogens with one attached hydrogen (secondary N) is 1. The Morgan fingerprint density at radius 3 is 2.44 bits per heavy atom. The lowest BCUT2D eigenvalue weighted by Gasteiger charge is -2.26. The molecule has 0 unspecified atom stereocenters. The second-order valence-electron chi connectivity index (χ2n) is 10.2. The van der Waals surface area contributed by atoms with Crippen LogP contribution >= 0.6 is 0 Å². The second-order valence-corrected chi connectivity index (χ2v) is 11.6. The molecule has 10 nitrogen and oxygen atoms in total. The SMILES string of the molecule is CS(=O)(=O)O.N#Cc1ccnc(Nc2cc(C3CC3)cc(-c3ccc4c(c3)ncn4[C@H]3CC[C@H](O)CC3)n2)c1. The van der Waals surface area contributed by atoms with Crippen LogP contribution in [0.1, 0.15) is 61.6 Å². The molecule has 0 spiro atoms. The number of aromatic nitrogens is 4. The van der Waals surface area contributed by atoms with E-state index in [0.29, 0.717) is 29.6 Å². The van der Waals surface area contributed by atoms with E-state index >= 15 is 0 Å². The number of nitriles is 1. The third-order valence-electron chi connectivity index (χ3n) is 6.97. The minimum atomic E-state index is -3.67. The van der Waals surface area contributed by atoms with Crippen molar-refractivity contribution in [1.29, 1.82) is 5.26 Å². The average Bonchev–Trinajstić information content (AvgIpc) is 3.67. The van der Waals surface area contributed by atoms with Gasteiger partial charge in [-0.3, -0.25) is 4.55 Å². The number of benzene rings is 1. The van der Waals surface area contributed by atoms with Crippen LogP contribution in [0.2, 0.25) is 0 Å². The molecular weight excluding hydrogens is 516 g/mol. The van der Waals surface area contributed by atoms with Gasteiger partial charge in [0.1, 0.15) is 11.6 Å². The molecule has 0 amide bonds. The van der Waals surface area contributed by atoms with Crippen LogP contribution in [-0.2, 0) is 10.1 Å². The first-order valence-electron chi connectivity index (χ1n) is 12.9. The highest BCUT2D eigenvalue weighted by Crippen LogP contribution is 2.42. The predicted octanol–water partition coefficient (Wildman–Crippen LogP) is 4.97. The van der Waals surface area contributed by atoms with Gasteiger partial charge in [-0.15, -0.1) is 0 Å². The largest absolute Gasteiger partial charge is 0.393 e. The molecular formula is C28H30N6O4S. The standard InChI is InChI=1S/C27H26N6O.CH4O3S/c28-15-17-9-10-29-26(11-17)32-27-14-20(18-1-2-18)13-23(31-27)19-3-8-25-24(12-19)30-16-33(25)21-4-6-22(34)7-5-21;1-5(2,3)4/h3,8-14,16,18,21-22,34H,1-2,4-7H2,(H,29,31,32);1H3,(H,2,3,4)/t21-,22-;. The Bertz CT molecular complexity index is 1630. The molecule has 6 rings (SSSR count). The zero-order chi connectivity index (χ0) is 27.6. The maximum Gasteiger partial charge on any atom is 0.261 e. The van der Waals surface area contributed by atoms with Gasteiger partial charge in [-0.05, 0) is 86.4 Å². The summed E-state index contributed by atoms with van der Waals surface area (Å²) in [6.07, 6.45) is 10.2. The molecule has 0 bridgehead atoms. The fourth-order valence-corrected chi connectivity index (χ4v) is 4.93. The lowest BCUT2D eigenvalue weighted by molar-refractivity contribution is 0.111. The molecule has 3 heterocycles. The number of anilines is 2. The molecule has 3 N–H and O–H groups in total. The third-order valence-corrected chi connectivity index (χ3v) is 6.97. The number of aliphatic hydroxyl groups is 1. The molecule has 0 atom stereocenters. The fraction of sp³-hybridized carbons (Fsp3) is 0.357. The van der Waals surface area contributed by atoms with Crippen molar-refractivity contribution in [2.75, 3.05) is 11.6 Å². The third kappa shape index (κ3) is 6.97. The van der Waals surface area contributed by atoms with Crippen molar-refractivity contribution in [2.45, 2.75) is 56.6 Å². The molecule has 2 aliphatic carbocycles. The van der Waals surface area contributed by atoms with E-state index in [2.05, 4.69) is 51.3 Å². The van der Waals surface area contributed by atoms with E-state index in [9.17, 15) is 18.8 Å². The van der Waals surface area contributed by atoms with Crippen molar-refractivity contribution in [2.24, 2.45) is 0 Å². The summed E-state index contributed by atoms with van der Waals surface area (Å²) < 4.78 is 28.1. The van der Waals surface area contributed by atoms with Crippen molar-refractivity contribution in [1.82, 2.24) is 19.5 Å². The van der Waals surface area contributed by atoms with E-state index in [1.165, 1.54) is 18.4 Å². The Kier molecular flexibility index (Phi) is 7.61. The summed E-state index contributed by atoms with van der Waals surface area (Å²) in [6.45, 7) is 0. The summed E-state index contributed by atoms with van der Waals surface area (Å²) in [6, 6.07) is 16.6. The highest BCUT2D eigenvalue weighted by molar-refractivity contribution is 7.85. The number of pyridine rings is 2. The Hall–Kier alpha value is -3.85. The van der Waals surface area contributed by atoms with E-state index in [1.807, 2.05) is 6.33 Å². The van der Waals surface area contributed by atoms with Crippen molar-refractivity contribution in [3.8, 4) is 17.3 Å². The molecule has 0 radical (unpaired) electrons. The van der Waals surface area contributed by atoms with Gasteiger partial charge in [0.15, 0.2) is 0 Å². The van der Waals surface area contributed by atoms with E-state index in [4.69, 9.17) is 14.5 Å². The number of fused-ring (bicyclic) bond motifs is 1. The number of hydrogen-bond donors (Lipinski definition) is 3. The molecule has 2 aliphatic rings. The van der Waals surface area contributed by atoms with Crippen LogP contribution in [0.5, 0.6) is 0 Å². The molecule has 3 aromatic heterocycles. The molecule has 0 saturated heterocycles. The zero-order valence-corrected chi connectivity index (χ0v) is 22.3. The quantitative estimate of drug-likeness (QED) is 0.294. The summed E-state index contributed by atoms with van der Waals surface area (Å²) in [7, 11) is -3.67. The Balaban J connectivity index is 0.000000567. The van der Waals surface area contributed by atoms with Gasteiger partial charge in [0.25, 0.3) is 10.1 Å². The molecule has 11 heteroatoms. The van der Waals surface area contributed by atoms with Crippen LogP contribution < -0.4 is 5.32 Å². The average molecular weight is 547 g/mol. The van der Waals surface area contributed by atoms with Gasteiger partial charge in [-0.1, -0.05) is 6.07 Å². The van der Waals surface area contributed by atoms with Crippen LogP contribution in [0.15, 0.2) is 55.0 Å². The minimum Gasteiger partial charge on any atom is -0.393 e. The second kappa shape index (κ2) is 11.1. The van der Waals surface area contributed by atoms with Crippen molar-refractivity contribution in [3.63, 3.8) is 0 Å². The van der Waals surface area contributed by atoms with Gasteiger partial charge in [-0.2, -0.15) is 13.7 Å². The molecule has 4 aromatic rings. The highest BCUT2D eigenvalue weighted by Gasteiger charge is 2.25. The first kappa shape index (κ1) is 26.7. The molecule has 39 heavy (non-hydrogen) atoms. The van der Waals surface area contributed by atoms with E-state index in [-0.39, 0.29) is 6.10 Å². The topological polar surface area (TPSA) is 154 Å². The maximum absolute atomic E-state index is 9.85. The zero-order valence-electron chi connectivity index (χ0n) is 21.5. The monoisotopic (exact) mass is 546 g/mol. The Morgan fingerprint density at radius 1 is 1.00 bits per heavy atom. The maximum atomic E-state index is 9.85. The molecule has 0 aliphatic heterocycles. The first-order valence-corrected chi connectivity index (χ1v) is 14.7. The van der Waals surface area contributed by atoms with Crippen LogP contribution in [0.25, 0.3) is 22.3 Å². The fourth-order valence-electron chi connectivity index (χ4n) is 4.93. The summed E-state index contributed by atoms with van der Waals surface area (Å²) >= 11 is 0. The van der Waals surface area contributed by atoms with Gasteiger partial charge < -0.3 is 15.0 Å². The molecule has 1 aromatic carbocycles. The van der Waals surface area contributed by atoms with Crippen molar-refractivity contribution < 1.29 is 18.1 Å². The highest BCUT2D eigenvalue weighted by atomic mass is 32.2. The van der Waals surface area contributed by atoms with Crippen LogP contribution in [0, 0.1) is 11.3 Å². The van der Waals surface area contributed by atoms with Crippen molar-refractivity contribution in [3.05, 3.63) is 66.1 Å². The summed E-state index contributed by atoms with van der Waals surface area (Å²) in [4.78, 5) is 13.9.